The molecule has 3 unspecified atom stereocenters. The molecule has 3 heterocycles. The van der Waals surface area contributed by atoms with E-state index >= 15 is 0 Å². The van der Waals surface area contributed by atoms with Gasteiger partial charge in [0.25, 0.3) is 0 Å². The van der Waals surface area contributed by atoms with E-state index in [2.05, 4.69) is 24.1 Å². The van der Waals surface area contributed by atoms with E-state index in [0.717, 1.165) is 34.3 Å². The number of fused-ring (bicyclic) bond motifs is 4. The van der Waals surface area contributed by atoms with Crippen LogP contribution in [0.4, 0.5) is 0 Å². The number of carbonyl (C=O) groups is 2. The van der Waals surface area contributed by atoms with Gasteiger partial charge in [0, 0.05) is 29.1 Å². The minimum atomic E-state index is -0.473. The van der Waals surface area contributed by atoms with Crippen molar-refractivity contribution in [2.45, 2.75) is 51.7 Å². The van der Waals surface area contributed by atoms with Crippen LogP contribution < -0.4 is 10.1 Å². The second-order valence-electron chi connectivity index (χ2n) is 7.77. The quantitative estimate of drug-likeness (QED) is 0.888. The number of benzene rings is 1. The Morgan fingerprint density at radius 2 is 2.08 bits per heavy atom. The van der Waals surface area contributed by atoms with Gasteiger partial charge in [-0.2, -0.15) is 0 Å². The van der Waals surface area contributed by atoms with Crippen molar-refractivity contribution in [2.24, 2.45) is 5.92 Å². The van der Waals surface area contributed by atoms with Crippen LogP contribution in [0.1, 0.15) is 44.5 Å². The van der Waals surface area contributed by atoms with Crippen molar-refractivity contribution in [1.29, 1.82) is 0 Å². The lowest BCUT2D eigenvalue weighted by Gasteiger charge is -2.46. The summed E-state index contributed by atoms with van der Waals surface area (Å²) in [6.45, 7) is 6.05. The first-order chi connectivity index (χ1) is 12.4. The molecule has 0 saturated carbocycles. The SMILES string of the molecule is COc1ccc2c3c([nH]c2c1)C(CC(C)C)N1C(=O)C(C)NC(=O)C1C3. The normalized spacial score (nSPS) is 25.3. The molecule has 1 saturated heterocycles. The molecular weight excluding hydrogens is 330 g/mol. The predicted molar refractivity (Wildman–Crippen MR) is 99.0 cm³/mol. The van der Waals surface area contributed by atoms with Gasteiger partial charge < -0.3 is 19.9 Å². The third-order valence-corrected chi connectivity index (χ3v) is 5.53. The van der Waals surface area contributed by atoms with E-state index in [4.69, 9.17) is 4.74 Å². The van der Waals surface area contributed by atoms with E-state index in [1.54, 1.807) is 14.0 Å². The van der Waals surface area contributed by atoms with E-state index < -0.39 is 12.1 Å². The largest absolute Gasteiger partial charge is 0.497 e. The van der Waals surface area contributed by atoms with Gasteiger partial charge in [-0.05, 0) is 37.0 Å². The van der Waals surface area contributed by atoms with Gasteiger partial charge in [-0.25, -0.2) is 0 Å². The average Bonchev–Trinajstić information content (AvgIpc) is 2.96. The predicted octanol–water partition coefficient (Wildman–Crippen LogP) is 2.54. The number of rotatable bonds is 3. The lowest BCUT2D eigenvalue weighted by molar-refractivity contribution is -0.153. The fraction of sp³-hybridized carbons (Fsp3) is 0.500. The molecule has 0 radical (unpaired) electrons. The number of ether oxygens (including phenoxy) is 1. The Balaban J connectivity index is 1.89. The number of nitrogens with one attached hydrogen (secondary N) is 2. The van der Waals surface area contributed by atoms with Gasteiger partial charge in [0.1, 0.15) is 17.8 Å². The highest BCUT2D eigenvalue weighted by atomic mass is 16.5. The molecule has 2 N–H and O–H groups in total. The number of aromatic nitrogens is 1. The number of hydrogen-bond donors (Lipinski definition) is 2. The Hall–Kier alpha value is -2.50. The molecule has 0 aliphatic carbocycles. The summed E-state index contributed by atoms with van der Waals surface area (Å²) in [5.74, 6) is 1.14. The van der Waals surface area contributed by atoms with Crippen LogP contribution in [-0.2, 0) is 16.0 Å². The molecule has 6 heteroatoms. The van der Waals surface area contributed by atoms with Crippen LogP contribution in [0, 0.1) is 5.92 Å². The summed E-state index contributed by atoms with van der Waals surface area (Å²) in [5.41, 5.74) is 3.20. The number of carbonyl (C=O) groups excluding carboxylic acids is 2. The number of H-pyrrole nitrogens is 1. The minimum absolute atomic E-state index is 0.00198. The Kier molecular flexibility index (Phi) is 3.93. The van der Waals surface area contributed by atoms with Crippen LogP contribution in [-0.4, -0.2) is 40.9 Å². The van der Waals surface area contributed by atoms with E-state index in [-0.39, 0.29) is 17.9 Å². The highest BCUT2D eigenvalue weighted by molar-refractivity contribution is 5.98. The van der Waals surface area contributed by atoms with Crippen LogP contribution >= 0.6 is 0 Å². The van der Waals surface area contributed by atoms with Crippen molar-refractivity contribution in [3.63, 3.8) is 0 Å². The second kappa shape index (κ2) is 6.04. The zero-order valence-electron chi connectivity index (χ0n) is 15.6. The van der Waals surface area contributed by atoms with Gasteiger partial charge in [-0.1, -0.05) is 13.8 Å². The number of hydrogen-bond acceptors (Lipinski definition) is 3. The average molecular weight is 355 g/mol. The highest BCUT2D eigenvalue weighted by Gasteiger charge is 2.47. The van der Waals surface area contributed by atoms with Gasteiger partial charge in [-0.3, -0.25) is 9.59 Å². The molecule has 0 spiro atoms. The molecule has 2 aliphatic rings. The zero-order chi connectivity index (χ0) is 18.6. The number of nitrogens with zero attached hydrogens (tertiary/aromatic N) is 1. The molecule has 3 atom stereocenters. The molecule has 138 valence electrons. The van der Waals surface area contributed by atoms with Crippen LogP contribution in [0.5, 0.6) is 5.75 Å². The van der Waals surface area contributed by atoms with Gasteiger partial charge in [0.2, 0.25) is 11.8 Å². The zero-order valence-corrected chi connectivity index (χ0v) is 15.6. The summed E-state index contributed by atoms with van der Waals surface area (Å²) in [6.07, 6.45) is 1.36. The number of amides is 2. The molecule has 1 fully saturated rings. The summed E-state index contributed by atoms with van der Waals surface area (Å²) >= 11 is 0. The van der Waals surface area contributed by atoms with Crippen LogP contribution in [0.25, 0.3) is 10.9 Å². The third kappa shape index (κ3) is 2.47. The van der Waals surface area contributed by atoms with Gasteiger partial charge in [-0.15, -0.1) is 0 Å². The van der Waals surface area contributed by atoms with Crippen molar-refractivity contribution >= 4 is 22.7 Å². The van der Waals surface area contributed by atoms with Crippen molar-refractivity contribution in [1.82, 2.24) is 15.2 Å². The first-order valence-corrected chi connectivity index (χ1v) is 9.21. The second-order valence-corrected chi connectivity index (χ2v) is 7.77. The van der Waals surface area contributed by atoms with Crippen molar-refractivity contribution < 1.29 is 14.3 Å². The lowest BCUT2D eigenvalue weighted by atomic mass is 9.85. The molecule has 2 aliphatic heterocycles. The van der Waals surface area contributed by atoms with E-state index in [9.17, 15) is 9.59 Å². The molecule has 4 rings (SSSR count). The molecule has 1 aromatic carbocycles. The Morgan fingerprint density at radius 1 is 1.31 bits per heavy atom. The topological polar surface area (TPSA) is 74.4 Å². The minimum Gasteiger partial charge on any atom is -0.497 e. The highest BCUT2D eigenvalue weighted by Crippen LogP contribution is 2.42. The molecule has 6 nitrogen and oxygen atoms in total. The smallest absolute Gasteiger partial charge is 0.246 e. The van der Waals surface area contributed by atoms with Crippen molar-refractivity contribution in [2.75, 3.05) is 7.11 Å². The van der Waals surface area contributed by atoms with Crippen LogP contribution in [0.2, 0.25) is 0 Å². The monoisotopic (exact) mass is 355 g/mol. The number of piperazine rings is 1. The van der Waals surface area contributed by atoms with Crippen LogP contribution in [0.3, 0.4) is 0 Å². The van der Waals surface area contributed by atoms with E-state index in [1.165, 1.54) is 0 Å². The van der Waals surface area contributed by atoms with Gasteiger partial charge in [0.05, 0.1) is 13.2 Å². The van der Waals surface area contributed by atoms with E-state index in [0.29, 0.717) is 12.3 Å². The molecule has 2 amide bonds. The summed E-state index contributed by atoms with van der Waals surface area (Å²) in [6, 6.07) is 4.94. The first-order valence-electron chi connectivity index (χ1n) is 9.21. The Bertz CT molecular complexity index is 886. The summed E-state index contributed by atoms with van der Waals surface area (Å²) < 4.78 is 5.34. The number of methoxy groups -OCH3 is 1. The first kappa shape index (κ1) is 16.9. The number of aromatic amines is 1. The third-order valence-electron chi connectivity index (χ3n) is 5.53. The van der Waals surface area contributed by atoms with Gasteiger partial charge >= 0.3 is 0 Å². The molecule has 0 bridgehead atoms. The van der Waals surface area contributed by atoms with Gasteiger partial charge in [0.15, 0.2) is 0 Å². The van der Waals surface area contributed by atoms with E-state index in [1.807, 2.05) is 23.1 Å². The summed E-state index contributed by atoms with van der Waals surface area (Å²) in [4.78, 5) is 30.9. The summed E-state index contributed by atoms with van der Waals surface area (Å²) in [5, 5.41) is 3.94. The summed E-state index contributed by atoms with van der Waals surface area (Å²) in [7, 11) is 1.65. The molecule has 2 aromatic rings. The Morgan fingerprint density at radius 3 is 2.77 bits per heavy atom. The lowest BCUT2D eigenvalue weighted by Crippen LogP contribution is -2.65. The van der Waals surface area contributed by atoms with Crippen LogP contribution in [0.15, 0.2) is 18.2 Å². The Labute approximate surface area is 152 Å². The maximum atomic E-state index is 12.9. The molecule has 1 aromatic heterocycles. The van der Waals surface area contributed by atoms with Crippen molar-refractivity contribution in [3.8, 4) is 5.75 Å². The maximum Gasteiger partial charge on any atom is 0.246 e. The maximum absolute atomic E-state index is 12.9. The molecular formula is C20H25N3O3. The fourth-order valence-corrected chi connectivity index (χ4v) is 4.33. The van der Waals surface area contributed by atoms with Crippen molar-refractivity contribution in [3.05, 3.63) is 29.5 Å². The standard InChI is InChI=1S/C20H25N3O3/c1-10(2)7-16-18-14(13-6-5-12(26-4)8-15(13)22-18)9-17-19(24)21-11(3)20(25)23(16)17/h5-6,8,10-11,16-17,22H,7,9H2,1-4H3,(H,21,24). The fourth-order valence-electron chi connectivity index (χ4n) is 4.33. The molecule has 26 heavy (non-hydrogen) atoms.